The van der Waals surface area contributed by atoms with Crippen molar-refractivity contribution < 1.29 is 8.42 Å². The van der Waals surface area contributed by atoms with E-state index in [9.17, 15) is 13.2 Å². The largest absolute Gasteiger partial charge is 0.340 e. The summed E-state index contributed by atoms with van der Waals surface area (Å²) < 4.78 is 25.1. The van der Waals surface area contributed by atoms with Crippen LogP contribution >= 0.6 is 0 Å². The summed E-state index contributed by atoms with van der Waals surface area (Å²) in [5.41, 5.74) is 0.979. The molecule has 0 amide bonds. The molecule has 102 valence electrons. The second-order valence-electron chi connectivity index (χ2n) is 4.48. The fourth-order valence-electron chi connectivity index (χ4n) is 2.04. The summed E-state index contributed by atoms with van der Waals surface area (Å²) in [6, 6.07) is 7.07. The van der Waals surface area contributed by atoms with E-state index in [4.69, 9.17) is 0 Å². The normalized spacial score (nSPS) is 11.7. The van der Waals surface area contributed by atoms with Gasteiger partial charge in [0, 0.05) is 10.9 Å². The molecule has 0 atom stereocenters. The topological polar surface area (TPSA) is 79.0 Å². The molecule has 0 unspecified atom stereocenters. The average molecular weight is 280 g/mol. The van der Waals surface area contributed by atoms with E-state index in [-0.39, 0.29) is 11.2 Å². The number of nitrogens with one attached hydrogen (secondary N) is 2. The first-order chi connectivity index (χ1) is 8.92. The molecule has 2 rings (SSSR count). The Morgan fingerprint density at radius 1 is 1.26 bits per heavy atom. The van der Waals surface area contributed by atoms with Crippen LogP contribution in [0.1, 0.15) is 18.9 Å². The predicted molar refractivity (Wildman–Crippen MR) is 77.0 cm³/mol. The minimum absolute atomic E-state index is 0.123. The van der Waals surface area contributed by atoms with Crippen LogP contribution in [0.5, 0.6) is 0 Å². The molecule has 19 heavy (non-hydrogen) atoms. The van der Waals surface area contributed by atoms with E-state index >= 15 is 0 Å². The fraction of sp³-hybridized carbons (Fsp3) is 0.308. The Balaban J connectivity index is 2.73. The zero-order chi connectivity index (χ0) is 14.0. The molecular weight excluding hydrogens is 264 g/mol. The second kappa shape index (κ2) is 5.05. The summed E-state index contributed by atoms with van der Waals surface area (Å²) in [4.78, 5) is 15.4. The van der Waals surface area contributed by atoms with Crippen molar-refractivity contribution in [3.05, 3.63) is 40.1 Å². The van der Waals surface area contributed by atoms with Crippen molar-refractivity contribution in [3.8, 4) is 0 Å². The van der Waals surface area contributed by atoms with Gasteiger partial charge in [-0.1, -0.05) is 25.5 Å². The second-order valence-corrected chi connectivity index (χ2v) is 6.23. The number of H-pyrrole nitrogens is 1. The van der Waals surface area contributed by atoms with Crippen LogP contribution in [0.2, 0.25) is 0 Å². The molecule has 2 N–H and O–H groups in total. The molecule has 5 nitrogen and oxygen atoms in total. The molecule has 1 heterocycles. The van der Waals surface area contributed by atoms with Crippen LogP contribution in [-0.2, 0) is 16.4 Å². The van der Waals surface area contributed by atoms with Crippen LogP contribution in [0.25, 0.3) is 10.9 Å². The molecule has 0 spiro atoms. The molecule has 1 aromatic carbocycles. The van der Waals surface area contributed by atoms with Gasteiger partial charge in [0.15, 0.2) is 5.43 Å². The van der Waals surface area contributed by atoms with Crippen molar-refractivity contribution >= 4 is 26.7 Å². The molecule has 0 aliphatic carbocycles. The molecule has 0 aliphatic rings. The lowest BCUT2D eigenvalue weighted by Gasteiger charge is -2.11. The fourth-order valence-corrected chi connectivity index (χ4v) is 2.58. The van der Waals surface area contributed by atoms with E-state index in [1.807, 2.05) is 6.92 Å². The van der Waals surface area contributed by atoms with Crippen molar-refractivity contribution in [2.24, 2.45) is 0 Å². The summed E-state index contributed by atoms with van der Waals surface area (Å²) in [5, 5.41) is 0.574. The number of aromatic nitrogens is 1. The minimum atomic E-state index is -3.42. The Morgan fingerprint density at radius 3 is 2.58 bits per heavy atom. The van der Waals surface area contributed by atoms with Gasteiger partial charge in [-0.25, -0.2) is 8.42 Å². The Kier molecular flexibility index (Phi) is 3.61. The third-order valence-corrected chi connectivity index (χ3v) is 3.37. The van der Waals surface area contributed by atoms with E-state index in [0.717, 1.165) is 12.7 Å². The maximum absolute atomic E-state index is 12.4. The van der Waals surface area contributed by atoms with Gasteiger partial charge < -0.3 is 4.98 Å². The summed E-state index contributed by atoms with van der Waals surface area (Å²) in [7, 11) is -3.42. The van der Waals surface area contributed by atoms with Gasteiger partial charge in [0.25, 0.3) is 0 Å². The zero-order valence-electron chi connectivity index (χ0n) is 10.9. The number of anilines is 1. The highest BCUT2D eigenvalue weighted by atomic mass is 32.2. The van der Waals surface area contributed by atoms with Gasteiger partial charge in [0.1, 0.15) is 5.82 Å². The Bertz CT molecular complexity index is 763. The highest BCUT2D eigenvalue weighted by molar-refractivity contribution is 7.92. The number of rotatable bonds is 4. The quantitative estimate of drug-likeness (QED) is 0.897. The number of pyridine rings is 1. The molecule has 0 aliphatic heterocycles. The van der Waals surface area contributed by atoms with Gasteiger partial charge in [-0.2, -0.15) is 0 Å². The molecule has 0 saturated heterocycles. The Morgan fingerprint density at radius 2 is 1.95 bits per heavy atom. The number of hydrogen-bond acceptors (Lipinski definition) is 3. The van der Waals surface area contributed by atoms with Gasteiger partial charge in [-0.3, -0.25) is 9.52 Å². The zero-order valence-corrected chi connectivity index (χ0v) is 11.7. The summed E-state index contributed by atoms with van der Waals surface area (Å²) in [6.07, 6.45) is 2.36. The molecule has 1 aromatic heterocycles. The first-order valence-corrected chi connectivity index (χ1v) is 7.93. The summed E-state index contributed by atoms with van der Waals surface area (Å²) in [5.74, 6) is 0.271. The number of hydrogen-bond donors (Lipinski definition) is 2. The number of benzene rings is 1. The first-order valence-electron chi connectivity index (χ1n) is 6.04. The SMILES string of the molecule is CCCc1c(NS(C)(=O)=O)[nH]c2ccccc2c1=O. The van der Waals surface area contributed by atoms with E-state index in [1.165, 1.54) is 0 Å². The van der Waals surface area contributed by atoms with E-state index in [2.05, 4.69) is 9.71 Å². The van der Waals surface area contributed by atoms with Gasteiger partial charge in [0.2, 0.25) is 10.0 Å². The van der Waals surface area contributed by atoms with E-state index < -0.39 is 10.0 Å². The Hall–Kier alpha value is -1.82. The number of aromatic amines is 1. The maximum atomic E-state index is 12.4. The van der Waals surface area contributed by atoms with Crippen molar-refractivity contribution in [3.63, 3.8) is 0 Å². The molecule has 0 radical (unpaired) electrons. The number of sulfonamides is 1. The van der Waals surface area contributed by atoms with E-state index in [1.54, 1.807) is 24.3 Å². The molecular formula is C13H16N2O3S. The molecule has 2 aromatic rings. The van der Waals surface area contributed by atoms with Crippen molar-refractivity contribution in [1.82, 2.24) is 4.98 Å². The van der Waals surface area contributed by atoms with Crippen molar-refractivity contribution in [2.45, 2.75) is 19.8 Å². The third-order valence-electron chi connectivity index (χ3n) is 2.79. The standard InChI is InChI=1S/C13H16N2O3S/c1-3-6-10-12(16)9-7-4-5-8-11(9)14-13(10)15-19(2,17)18/h4-5,7-8H,3,6H2,1-2H3,(H2,14,15,16). The summed E-state index contributed by atoms with van der Waals surface area (Å²) in [6.45, 7) is 1.94. The molecule has 0 fully saturated rings. The lowest BCUT2D eigenvalue weighted by Crippen LogP contribution is -2.19. The lowest BCUT2D eigenvalue weighted by molar-refractivity contribution is 0.606. The van der Waals surface area contributed by atoms with Crippen LogP contribution in [-0.4, -0.2) is 19.7 Å². The van der Waals surface area contributed by atoms with Gasteiger partial charge in [-0.05, 0) is 18.6 Å². The van der Waals surface area contributed by atoms with Crippen LogP contribution in [0.15, 0.2) is 29.1 Å². The number of para-hydroxylation sites is 1. The van der Waals surface area contributed by atoms with Crippen LogP contribution in [0.3, 0.4) is 0 Å². The molecule has 0 saturated carbocycles. The van der Waals surface area contributed by atoms with Gasteiger partial charge >= 0.3 is 0 Å². The van der Waals surface area contributed by atoms with Gasteiger partial charge in [0.05, 0.1) is 11.8 Å². The molecule has 0 bridgehead atoms. The van der Waals surface area contributed by atoms with Crippen molar-refractivity contribution in [1.29, 1.82) is 0 Å². The van der Waals surface area contributed by atoms with E-state index in [0.29, 0.717) is 22.9 Å². The number of fused-ring (bicyclic) bond motifs is 1. The first kappa shape index (κ1) is 13.6. The van der Waals surface area contributed by atoms with Crippen molar-refractivity contribution in [2.75, 3.05) is 11.0 Å². The molecule has 6 heteroatoms. The average Bonchev–Trinajstić information content (AvgIpc) is 2.32. The Labute approximate surface area is 111 Å². The van der Waals surface area contributed by atoms with Crippen LogP contribution < -0.4 is 10.2 Å². The van der Waals surface area contributed by atoms with Gasteiger partial charge in [-0.15, -0.1) is 0 Å². The monoisotopic (exact) mass is 280 g/mol. The van der Waals surface area contributed by atoms with Crippen LogP contribution in [0.4, 0.5) is 5.82 Å². The third kappa shape index (κ3) is 2.96. The minimum Gasteiger partial charge on any atom is -0.340 e. The maximum Gasteiger partial charge on any atom is 0.230 e. The van der Waals surface area contributed by atoms with Crippen LogP contribution in [0, 0.1) is 0 Å². The lowest BCUT2D eigenvalue weighted by atomic mass is 10.1. The smallest absolute Gasteiger partial charge is 0.230 e. The summed E-state index contributed by atoms with van der Waals surface area (Å²) >= 11 is 0. The highest BCUT2D eigenvalue weighted by Crippen LogP contribution is 2.17. The predicted octanol–water partition coefficient (Wildman–Crippen LogP) is 1.85. The highest BCUT2D eigenvalue weighted by Gasteiger charge is 2.13.